The summed E-state index contributed by atoms with van der Waals surface area (Å²) in [6, 6.07) is 7.13. The lowest BCUT2D eigenvalue weighted by molar-refractivity contribution is -0.122. The fraction of sp³-hybridized carbons (Fsp3) is 0.500. The summed E-state index contributed by atoms with van der Waals surface area (Å²) in [7, 11) is 0. The predicted octanol–water partition coefficient (Wildman–Crippen LogP) is 0.958. The second-order valence-corrected chi connectivity index (χ2v) is 5.75. The average Bonchev–Trinajstić information content (AvgIpc) is 2.83. The molecule has 0 saturated carbocycles. The van der Waals surface area contributed by atoms with Gasteiger partial charge in [0.2, 0.25) is 5.91 Å². The summed E-state index contributed by atoms with van der Waals surface area (Å²) in [5, 5.41) is 8.33. The van der Waals surface area contributed by atoms with Gasteiger partial charge in [-0.2, -0.15) is 0 Å². The van der Waals surface area contributed by atoms with Crippen LogP contribution in [0.3, 0.4) is 0 Å². The van der Waals surface area contributed by atoms with Crippen molar-refractivity contribution in [1.29, 1.82) is 0 Å². The Bertz CT molecular complexity index is 536. The minimum Gasteiger partial charge on any atom is -0.488 e. The number of carbonyl (C=O) groups excluding carboxylic acids is 2. The topological polar surface area (TPSA) is 79.5 Å². The molecule has 0 radical (unpaired) electrons. The minimum absolute atomic E-state index is 0.0499. The summed E-state index contributed by atoms with van der Waals surface area (Å²) in [6.45, 7) is 1.11. The monoisotopic (exact) mass is 303 g/mol. The van der Waals surface area contributed by atoms with E-state index in [2.05, 4.69) is 16.0 Å². The number of rotatable bonds is 3. The Labute approximate surface area is 129 Å². The molecule has 0 spiro atoms. The van der Waals surface area contributed by atoms with Gasteiger partial charge in [0.25, 0.3) is 0 Å². The highest BCUT2D eigenvalue weighted by atomic mass is 16.5. The Hall–Kier alpha value is -2.24. The van der Waals surface area contributed by atoms with E-state index >= 15 is 0 Å². The Kier molecular flexibility index (Phi) is 4.46. The standard InChI is InChI=1S/C16H21N3O3/c20-15-13(6-3-4-8-17-15)19-16(21)18-10-12-9-11-5-1-2-7-14(11)22-12/h1-2,5,7,12-13H,3-4,6,8-10H2,(H,17,20)(H2,18,19,21)/t12-,13+/m0/s1. The van der Waals surface area contributed by atoms with Gasteiger partial charge in [-0.15, -0.1) is 0 Å². The van der Waals surface area contributed by atoms with E-state index in [4.69, 9.17) is 4.74 Å². The highest BCUT2D eigenvalue weighted by Gasteiger charge is 2.25. The molecule has 2 atom stereocenters. The summed E-state index contributed by atoms with van der Waals surface area (Å²) < 4.78 is 5.77. The summed E-state index contributed by atoms with van der Waals surface area (Å²) >= 11 is 0. The molecule has 6 nitrogen and oxygen atoms in total. The van der Waals surface area contributed by atoms with Crippen molar-refractivity contribution in [2.75, 3.05) is 13.1 Å². The first-order valence-corrected chi connectivity index (χ1v) is 7.79. The Morgan fingerprint density at radius 1 is 1.32 bits per heavy atom. The fourth-order valence-corrected chi connectivity index (χ4v) is 2.86. The number of urea groups is 1. The van der Waals surface area contributed by atoms with Gasteiger partial charge in [0.1, 0.15) is 17.9 Å². The van der Waals surface area contributed by atoms with Crippen molar-refractivity contribution in [3.05, 3.63) is 29.8 Å². The lowest BCUT2D eigenvalue weighted by Crippen LogP contribution is -2.50. The highest BCUT2D eigenvalue weighted by molar-refractivity contribution is 5.87. The van der Waals surface area contributed by atoms with Gasteiger partial charge in [-0.1, -0.05) is 18.2 Å². The number of fused-ring (bicyclic) bond motifs is 1. The molecule has 3 rings (SSSR count). The Morgan fingerprint density at radius 3 is 3.05 bits per heavy atom. The van der Waals surface area contributed by atoms with Crippen LogP contribution in [0.5, 0.6) is 5.75 Å². The maximum absolute atomic E-state index is 11.9. The van der Waals surface area contributed by atoms with E-state index in [0.717, 1.165) is 30.6 Å². The SMILES string of the molecule is O=C(NC[C@@H]1Cc2ccccc2O1)N[C@@H]1CCCCNC1=O. The molecule has 2 heterocycles. The smallest absolute Gasteiger partial charge is 0.315 e. The first-order chi connectivity index (χ1) is 10.7. The van der Waals surface area contributed by atoms with Crippen LogP contribution in [-0.4, -0.2) is 37.2 Å². The van der Waals surface area contributed by atoms with E-state index in [1.165, 1.54) is 0 Å². The lowest BCUT2D eigenvalue weighted by atomic mass is 10.1. The van der Waals surface area contributed by atoms with Gasteiger partial charge >= 0.3 is 6.03 Å². The fourth-order valence-electron chi connectivity index (χ4n) is 2.86. The molecule has 22 heavy (non-hydrogen) atoms. The highest BCUT2D eigenvalue weighted by Crippen LogP contribution is 2.27. The molecule has 6 heteroatoms. The zero-order chi connectivity index (χ0) is 15.4. The van der Waals surface area contributed by atoms with Gasteiger partial charge in [-0.05, 0) is 30.9 Å². The molecule has 2 aliphatic heterocycles. The van der Waals surface area contributed by atoms with E-state index in [9.17, 15) is 9.59 Å². The largest absolute Gasteiger partial charge is 0.488 e. The van der Waals surface area contributed by atoms with Crippen LogP contribution in [0, 0.1) is 0 Å². The van der Waals surface area contributed by atoms with Crippen LogP contribution in [0.25, 0.3) is 0 Å². The second-order valence-electron chi connectivity index (χ2n) is 5.75. The second kappa shape index (κ2) is 6.68. The molecule has 1 aromatic carbocycles. The van der Waals surface area contributed by atoms with Crippen molar-refractivity contribution in [3.63, 3.8) is 0 Å². The van der Waals surface area contributed by atoms with Crippen LogP contribution in [0.4, 0.5) is 4.79 Å². The number of carbonyl (C=O) groups is 2. The summed E-state index contributed by atoms with van der Waals surface area (Å²) in [5.41, 5.74) is 1.16. The molecule has 3 N–H and O–H groups in total. The summed E-state index contributed by atoms with van der Waals surface area (Å²) in [5.74, 6) is 0.787. The number of hydrogen-bond donors (Lipinski definition) is 3. The third-order valence-corrected chi connectivity index (χ3v) is 4.04. The Balaban J connectivity index is 1.44. The van der Waals surface area contributed by atoms with Crippen molar-refractivity contribution < 1.29 is 14.3 Å². The lowest BCUT2D eigenvalue weighted by Gasteiger charge is -2.17. The number of hydrogen-bond acceptors (Lipinski definition) is 3. The third-order valence-electron chi connectivity index (χ3n) is 4.04. The van der Waals surface area contributed by atoms with Crippen molar-refractivity contribution in [2.45, 2.75) is 37.8 Å². The molecule has 0 bridgehead atoms. The third kappa shape index (κ3) is 3.50. The molecule has 1 fully saturated rings. The van der Waals surface area contributed by atoms with Crippen LogP contribution < -0.4 is 20.7 Å². The predicted molar refractivity (Wildman–Crippen MR) is 81.7 cm³/mol. The quantitative estimate of drug-likeness (QED) is 0.778. The van der Waals surface area contributed by atoms with Crippen molar-refractivity contribution >= 4 is 11.9 Å². The van der Waals surface area contributed by atoms with Crippen LogP contribution >= 0.6 is 0 Å². The summed E-state index contributed by atoms with van der Waals surface area (Å²) in [4.78, 5) is 23.7. The van der Waals surface area contributed by atoms with Crippen molar-refractivity contribution in [1.82, 2.24) is 16.0 Å². The number of ether oxygens (including phenoxy) is 1. The van der Waals surface area contributed by atoms with Gasteiger partial charge in [0.05, 0.1) is 6.54 Å². The number of amides is 3. The zero-order valence-electron chi connectivity index (χ0n) is 12.4. The number of nitrogens with one attached hydrogen (secondary N) is 3. The summed E-state index contributed by atoms with van der Waals surface area (Å²) in [6.07, 6.45) is 3.32. The maximum atomic E-state index is 11.9. The van der Waals surface area contributed by atoms with E-state index in [0.29, 0.717) is 19.5 Å². The van der Waals surface area contributed by atoms with Crippen LogP contribution in [0.1, 0.15) is 24.8 Å². The number of para-hydroxylation sites is 1. The van der Waals surface area contributed by atoms with Gasteiger partial charge in [0, 0.05) is 13.0 Å². The van der Waals surface area contributed by atoms with Gasteiger partial charge in [0.15, 0.2) is 0 Å². The molecule has 0 unspecified atom stereocenters. The van der Waals surface area contributed by atoms with E-state index in [1.807, 2.05) is 24.3 Å². The van der Waals surface area contributed by atoms with Crippen LogP contribution in [0.15, 0.2) is 24.3 Å². The molecule has 118 valence electrons. The van der Waals surface area contributed by atoms with Crippen LogP contribution in [-0.2, 0) is 11.2 Å². The first kappa shape index (κ1) is 14.7. The number of benzene rings is 1. The van der Waals surface area contributed by atoms with Gasteiger partial charge in [-0.3, -0.25) is 4.79 Å². The molecule has 2 aliphatic rings. The van der Waals surface area contributed by atoms with Crippen LogP contribution in [0.2, 0.25) is 0 Å². The van der Waals surface area contributed by atoms with E-state index < -0.39 is 6.04 Å². The molecule has 0 aromatic heterocycles. The molecule has 0 aliphatic carbocycles. The van der Waals surface area contributed by atoms with Gasteiger partial charge < -0.3 is 20.7 Å². The molecular weight excluding hydrogens is 282 g/mol. The molecular formula is C16H21N3O3. The Morgan fingerprint density at radius 2 is 2.18 bits per heavy atom. The van der Waals surface area contributed by atoms with Gasteiger partial charge in [-0.25, -0.2) is 4.79 Å². The minimum atomic E-state index is -0.441. The average molecular weight is 303 g/mol. The van der Waals surface area contributed by atoms with E-state index in [-0.39, 0.29) is 18.0 Å². The maximum Gasteiger partial charge on any atom is 0.315 e. The van der Waals surface area contributed by atoms with Crippen molar-refractivity contribution in [2.24, 2.45) is 0 Å². The molecule has 1 aromatic rings. The van der Waals surface area contributed by atoms with Crippen molar-refractivity contribution in [3.8, 4) is 5.75 Å². The molecule has 1 saturated heterocycles. The zero-order valence-corrected chi connectivity index (χ0v) is 12.4. The first-order valence-electron chi connectivity index (χ1n) is 7.79. The molecule has 3 amide bonds. The van der Waals surface area contributed by atoms with E-state index in [1.54, 1.807) is 0 Å². The normalized spacial score (nSPS) is 23.7.